The Morgan fingerprint density at radius 2 is 2.32 bits per heavy atom. The molecule has 1 fully saturated rings. The number of hydrogen-bond donors (Lipinski definition) is 1. The molecule has 1 aromatic heterocycles. The number of carbonyl (C=O) groups excluding carboxylic acids is 1. The first-order valence-corrected chi connectivity index (χ1v) is 8.56. The number of rotatable bonds is 4. The van der Waals surface area contributed by atoms with Crippen LogP contribution in [0.2, 0.25) is 0 Å². The lowest BCUT2D eigenvalue weighted by atomic mass is 9.82. The smallest absolute Gasteiger partial charge is 0.410 e. The topological polar surface area (TPSA) is 67.4 Å². The second-order valence-electron chi connectivity index (χ2n) is 7.32. The van der Waals surface area contributed by atoms with Crippen LogP contribution in [-0.2, 0) is 11.3 Å². The van der Waals surface area contributed by atoms with E-state index in [0.717, 1.165) is 44.7 Å². The quantitative estimate of drug-likeness (QED) is 0.921. The van der Waals surface area contributed by atoms with Gasteiger partial charge in [0.05, 0.1) is 5.69 Å². The Bertz CT molecular complexity index is 486. The summed E-state index contributed by atoms with van der Waals surface area (Å²) >= 11 is 1.36. The fourth-order valence-electron chi connectivity index (χ4n) is 2.70. The van der Waals surface area contributed by atoms with Gasteiger partial charge in [-0.05, 0) is 50.6 Å². The molecule has 124 valence electrons. The Hall–Kier alpha value is -1.21. The Kier molecular flexibility index (Phi) is 5.39. The third-order valence-corrected chi connectivity index (χ3v) is 4.25. The summed E-state index contributed by atoms with van der Waals surface area (Å²) in [4.78, 5) is 14.1. The third kappa shape index (κ3) is 5.21. The maximum atomic E-state index is 12.2. The summed E-state index contributed by atoms with van der Waals surface area (Å²) in [5.41, 5.74) is 0.591. The molecule has 1 atom stereocenters. The normalized spacial score (nSPS) is 22.6. The average molecular weight is 326 g/mol. The highest BCUT2D eigenvalue weighted by Gasteiger charge is 2.34. The molecule has 1 aliphatic rings. The number of carbonyl (C=O) groups is 1. The maximum Gasteiger partial charge on any atom is 0.410 e. The first kappa shape index (κ1) is 17.1. The van der Waals surface area contributed by atoms with Crippen LogP contribution in [0.3, 0.4) is 0 Å². The lowest BCUT2D eigenvalue weighted by Crippen LogP contribution is -2.50. The molecule has 1 N–H and O–H groups in total. The van der Waals surface area contributed by atoms with Crippen molar-refractivity contribution < 1.29 is 9.53 Å². The molecule has 0 bridgehead atoms. The zero-order valence-electron chi connectivity index (χ0n) is 13.9. The van der Waals surface area contributed by atoms with Gasteiger partial charge in [-0.15, -0.1) is 5.10 Å². The summed E-state index contributed by atoms with van der Waals surface area (Å²) in [6, 6.07) is 0. The number of ether oxygens (including phenoxy) is 1. The summed E-state index contributed by atoms with van der Waals surface area (Å²) in [5, 5.41) is 9.41. The summed E-state index contributed by atoms with van der Waals surface area (Å²) in [7, 11) is 0. The lowest BCUT2D eigenvalue weighted by Gasteiger charge is -2.41. The van der Waals surface area contributed by atoms with Crippen molar-refractivity contribution in [2.45, 2.75) is 52.7 Å². The van der Waals surface area contributed by atoms with Crippen LogP contribution in [0.4, 0.5) is 4.79 Å². The minimum atomic E-state index is -0.444. The van der Waals surface area contributed by atoms with Crippen LogP contribution in [0.5, 0.6) is 0 Å². The van der Waals surface area contributed by atoms with Gasteiger partial charge < -0.3 is 15.0 Å². The minimum Gasteiger partial charge on any atom is -0.444 e. The van der Waals surface area contributed by atoms with E-state index in [2.05, 4.69) is 21.8 Å². The predicted octanol–water partition coefficient (Wildman–Crippen LogP) is 2.66. The van der Waals surface area contributed by atoms with E-state index in [0.29, 0.717) is 0 Å². The van der Waals surface area contributed by atoms with Crippen LogP contribution in [0.1, 0.15) is 46.2 Å². The van der Waals surface area contributed by atoms with E-state index < -0.39 is 5.60 Å². The number of hydrogen-bond acceptors (Lipinski definition) is 6. The Morgan fingerprint density at radius 1 is 1.55 bits per heavy atom. The van der Waals surface area contributed by atoms with Crippen molar-refractivity contribution in [3.8, 4) is 0 Å². The van der Waals surface area contributed by atoms with E-state index in [1.54, 1.807) is 0 Å². The molecule has 1 aromatic rings. The van der Waals surface area contributed by atoms with Crippen molar-refractivity contribution in [1.29, 1.82) is 0 Å². The van der Waals surface area contributed by atoms with Crippen molar-refractivity contribution in [3.63, 3.8) is 0 Å². The molecule has 1 unspecified atom stereocenters. The Labute approximate surface area is 136 Å². The van der Waals surface area contributed by atoms with E-state index in [-0.39, 0.29) is 11.5 Å². The second kappa shape index (κ2) is 6.91. The molecule has 0 saturated carbocycles. The Morgan fingerprint density at radius 3 is 2.95 bits per heavy atom. The van der Waals surface area contributed by atoms with E-state index in [1.165, 1.54) is 11.5 Å². The molecule has 1 amide bonds. The lowest BCUT2D eigenvalue weighted by molar-refractivity contribution is 0.00674. The zero-order valence-corrected chi connectivity index (χ0v) is 14.7. The minimum absolute atomic E-state index is 0.0681. The third-order valence-electron chi connectivity index (χ3n) is 3.70. The highest BCUT2D eigenvalue weighted by molar-refractivity contribution is 7.03. The number of likely N-dealkylation sites (tertiary alicyclic amines) is 1. The van der Waals surface area contributed by atoms with Crippen molar-refractivity contribution in [2.24, 2.45) is 5.41 Å². The van der Waals surface area contributed by atoms with Gasteiger partial charge in [-0.2, -0.15) is 0 Å². The second-order valence-corrected chi connectivity index (χ2v) is 7.93. The fourth-order valence-corrected chi connectivity index (χ4v) is 3.15. The van der Waals surface area contributed by atoms with Crippen molar-refractivity contribution in [3.05, 3.63) is 11.1 Å². The van der Waals surface area contributed by atoms with Gasteiger partial charge in [0.2, 0.25) is 0 Å². The van der Waals surface area contributed by atoms with E-state index in [4.69, 9.17) is 4.74 Å². The zero-order chi connectivity index (χ0) is 16.2. The molecule has 1 saturated heterocycles. The summed E-state index contributed by atoms with van der Waals surface area (Å²) < 4.78 is 9.34. The standard InChI is InChI=1S/C15H26N4O2S/c1-14(2,3)21-13(20)19-7-5-6-15(4,11-19)10-16-8-12-9-22-18-17-12/h9,16H,5-8,10-11H2,1-4H3. The first-order valence-electron chi connectivity index (χ1n) is 7.72. The van der Waals surface area contributed by atoms with Crippen molar-refractivity contribution in [1.82, 2.24) is 19.8 Å². The van der Waals surface area contributed by atoms with E-state index in [9.17, 15) is 4.79 Å². The van der Waals surface area contributed by atoms with E-state index in [1.807, 2.05) is 31.1 Å². The van der Waals surface area contributed by atoms with Gasteiger partial charge in [-0.3, -0.25) is 0 Å². The highest BCUT2D eigenvalue weighted by Crippen LogP contribution is 2.29. The molecule has 2 heterocycles. The summed E-state index contributed by atoms with van der Waals surface area (Å²) in [5.74, 6) is 0. The van der Waals surface area contributed by atoms with Gasteiger partial charge in [0.1, 0.15) is 5.60 Å². The highest BCUT2D eigenvalue weighted by atomic mass is 32.1. The number of nitrogens with zero attached hydrogens (tertiary/aromatic N) is 3. The van der Waals surface area contributed by atoms with Gasteiger partial charge in [-0.25, -0.2) is 4.79 Å². The molecule has 0 aromatic carbocycles. The van der Waals surface area contributed by atoms with Crippen LogP contribution in [0, 0.1) is 5.41 Å². The molecule has 0 spiro atoms. The summed E-state index contributed by atoms with van der Waals surface area (Å²) in [6.45, 7) is 11.0. The number of piperidine rings is 1. The molecular weight excluding hydrogens is 300 g/mol. The van der Waals surface area contributed by atoms with Gasteiger partial charge >= 0.3 is 6.09 Å². The number of nitrogens with one attached hydrogen (secondary N) is 1. The largest absolute Gasteiger partial charge is 0.444 e. The monoisotopic (exact) mass is 326 g/mol. The average Bonchev–Trinajstić information content (AvgIpc) is 2.90. The van der Waals surface area contributed by atoms with Crippen LogP contribution >= 0.6 is 11.5 Å². The molecule has 7 heteroatoms. The SMILES string of the molecule is CC1(CNCc2csnn2)CCCN(C(=O)OC(C)(C)C)C1. The molecule has 0 radical (unpaired) electrons. The van der Waals surface area contributed by atoms with Gasteiger partial charge in [0, 0.05) is 31.6 Å². The molecule has 6 nitrogen and oxygen atoms in total. The number of amides is 1. The molecule has 22 heavy (non-hydrogen) atoms. The van der Waals surface area contributed by atoms with Crippen LogP contribution in [0.15, 0.2) is 5.38 Å². The van der Waals surface area contributed by atoms with Gasteiger partial charge in [0.15, 0.2) is 0 Å². The number of aromatic nitrogens is 2. The van der Waals surface area contributed by atoms with Gasteiger partial charge in [-0.1, -0.05) is 11.4 Å². The fraction of sp³-hybridized carbons (Fsp3) is 0.800. The summed E-state index contributed by atoms with van der Waals surface area (Å²) in [6.07, 6.45) is 1.91. The van der Waals surface area contributed by atoms with Crippen molar-refractivity contribution in [2.75, 3.05) is 19.6 Å². The van der Waals surface area contributed by atoms with E-state index >= 15 is 0 Å². The first-order chi connectivity index (χ1) is 10.3. The van der Waals surface area contributed by atoms with Crippen LogP contribution in [-0.4, -0.2) is 45.8 Å². The molecule has 1 aliphatic heterocycles. The molecule has 2 rings (SSSR count). The molecule has 0 aliphatic carbocycles. The molecular formula is C15H26N4O2S. The van der Waals surface area contributed by atoms with Crippen LogP contribution < -0.4 is 5.32 Å². The van der Waals surface area contributed by atoms with Crippen LogP contribution in [0.25, 0.3) is 0 Å². The predicted molar refractivity (Wildman–Crippen MR) is 86.8 cm³/mol. The Balaban J connectivity index is 1.84. The van der Waals surface area contributed by atoms with Gasteiger partial charge in [0.25, 0.3) is 0 Å². The van der Waals surface area contributed by atoms with Crippen molar-refractivity contribution >= 4 is 17.6 Å². The maximum absolute atomic E-state index is 12.2.